The lowest BCUT2D eigenvalue weighted by Crippen LogP contribution is -2.31. The van der Waals surface area contributed by atoms with Crippen LogP contribution in [0.4, 0.5) is 11.6 Å². The Morgan fingerprint density at radius 3 is 2.60 bits per heavy atom. The highest BCUT2D eigenvalue weighted by Crippen LogP contribution is 2.37. The van der Waals surface area contributed by atoms with Crippen LogP contribution in [0.25, 0.3) is 11.0 Å². The van der Waals surface area contributed by atoms with Crippen molar-refractivity contribution in [1.82, 2.24) is 14.5 Å². The molecule has 0 bridgehead atoms. The molecule has 0 aliphatic carbocycles. The number of nitrogens with zero attached hydrogens (tertiary/aromatic N) is 4. The molecule has 3 heterocycles. The maximum atomic E-state index is 13.3. The van der Waals surface area contributed by atoms with Crippen molar-refractivity contribution in [2.75, 3.05) is 10.2 Å². The van der Waals surface area contributed by atoms with Gasteiger partial charge in [0.1, 0.15) is 6.04 Å². The van der Waals surface area contributed by atoms with Crippen molar-refractivity contribution < 1.29 is 9.59 Å². The minimum atomic E-state index is -0.646. The molecule has 148 valence electrons. The molecule has 0 fully saturated rings. The quantitative estimate of drug-likeness (QED) is 0.559. The highest BCUT2D eigenvalue weighted by atomic mass is 16.2. The lowest BCUT2D eigenvalue weighted by Gasteiger charge is -2.16. The fourth-order valence-corrected chi connectivity index (χ4v) is 3.83. The molecule has 0 unspecified atom stereocenters. The van der Waals surface area contributed by atoms with Crippen LogP contribution in [0.2, 0.25) is 0 Å². The van der Waals surface area contributed by atoms with E-state index < -0.39 is 6.04 Å². The molecule has 0 radical (unpaired) electrons. The van der Waals surface area contributed by atoms with Gasteiger partial charge in [0.25, 0.3) is 5.91 Å². The number of carbonyl (C=O) groups excluding carboxylic acids is 2. The third-order valence-corrected chi connectivity index (χ3v) is 5.18. The summed E-state index contributed by atoms with van der Waals surface area (Å²) in [4.78, 5) is 36.5. The van der Waals surface area contributed by atoms with E-state index in [-0.39, 0.29) is 18.2 Å². The van der Waals surface area contributed by atoms with Gasteiger partial charge in [0.2, 0.25) is 11.9 Å². The summed E-state index contributed by atoms with van der Waals surface area (Å²) < 4.78 is 1.87. The maximum Gasteiger partial charge on any atom is 0.253 e. The van der Waals surface area contributed by atoms with Crippen LogP contribution >= 0.6 is 0 Å². The second-order valence-electron chi connectivity index (χ2n) is 7.19. The molecule has 30 heavy (non-hydrogen) atoms. The Morgan fingerprint density at radius 2 is 1.80 bits per heavy atom. The van der Waals surface area contributed by atoms with E-state index in [0.717, 1.165) is 16.6 Å². The number of rotatable bonds is 5. The van der Waals surface area contributed by atoms with E-state index in [2.05, 4.69) is 15.3 Å². The summed E-state index contributed by atoms with van der Waals surface area (Å²) >= 11 is 0. The Labute approximate surface area is 173 Å². The first-order valence-corrected chi connectivity index (χ1v) is 9.73. The van der Waals surface area contributed by atoms with Gasteiger partial charge in [-0.25, -0.2) is 4.98 Å². The largest absolute Gasteiger partial charge is 0.326 e. The van der Waals surface area contributed by atoms with Crippen molar-refractivity contribution in [2.24, 2.45) is 0 Å². The van der Waals surface area contributed by atoms with E-state index in [1.165, 1.54) is 0 Å². The van der Waals surface area contributed by atoms with Crippen molar-refractivity contribution in [3.63, 3.8) is 0 Å². The SMILES string of the molecule is O=C(C[C@@H]1C(=O)N(Cc2cccnc2)c2nc3ccccc3n21)Nc1ccccc1. The molecular formula is C23H19N5O2. The molecule has 0 spiro atoms. The lowest BCUT2D eigenvalue weighted by atomic mass is 10.1. The van der Waals surface area contributed by atoms with Gasteiger partial charge >= 0.3 is 0 Å². The van der Waals surface area contributed by atoms with Gasteiger partial charge in [-0.15, -0.1) is 0 Å². The Hall–Kier alpha value is -4.00. The number of imidazole rings is 1. The monoisotopic (exact) mass is 397 g/mol. The average molecular weight is 397 g/mol. The molecule has 2 amide bonds. The van der Waals surface area contributed by atoms with Gasteiger partial charge in [0, 0.05) is 18.1 Å². The first kappa shape index (κ1) is 18.1. The van der Waals surface area contributed by atoms with Gasteiger partial charge in [-0.3, -0.25) is 24.0 Å². The number of nitrogens with one attached hydrogen (secondary N) is 1. The average Bonchev–Trinajstić information content (AvgIpc) is 3.26. The minimum absolute atomic E-state index is 0.0324. The molecule has 1 atom stereocenters. The van der Waals surface area contributed by atoms with Crippen LogP contribution in [0, 0.1) is 0 Å². The topological polar surface area (TPSA) is 80.1 Å². The number of pyridine rings is 1. The summed E-state index contributed by atoms with van der Waals surface area (Å²) in [6.45, 7) is 0.354. The van der Waals surface area contributed by atoms with Gasteiger partial charge < -0.3 is 5.32 Å². The summed E-state index contributed by atoms with van der Waals surface area (Å²) in [6.07, 6.45) is 3.46. The van der Waals surface area contributed by atoms with Crippen molar-refractivity contribution in [2.45, 2.75) is 19.0 Å². The number of benzene rings is 2. The highest BCUT2D eigenvalue weighted by molar-refractivity contribution is 6.05. The molecule has 4 aromatic rings. The van der Waals surface area contributed by atoms with Crippen molar-refractivity contribution in [1.29, 1.82) is 0 Å². The molecule has 1 N–H and O–H groups in total. The lowest BCUT2D eigenvalue weighted by molar-refractivity contribution is -0.124. The van der Waals surface area contributed by atoms with E-state index in [9.17, 15) is 9.59 Å². The van der Waals surface area contributed by atoms with Crippen molar-refractivity contribution in [3.8, 4) is 0 Å². The number of hydrogen-bond acceptors (Lipinski definition) is 4. The smallest absolute Gasteiger partial charge is 0.253 e. The third-order valence-electron chi connectivity index (χ3n) is 5.18. The Kier molecular flexibility index (Phi) is 4.48. The fourth-order valence-electron chi connectivity index (χ4n) is 3.83. The van der Waals surface area contributed by atoms with E-state index in [1.54, 1.807) is 17.3 Å². The maximum absolute atomic E-state index is 13.3. The number of carbonyl (C=O) groups is 2. The molecule has 1 aliphatic heterocycles. The summed E-state index contributed by atoms with van der Waals surface area (Å²) in [5, 5.41) is 2.87. The predicted molar refractivity (Wildman–Crippen MR) is 114 cm³/mol. The zero-order valence-electron chi connectivity index (χ0n) is 16.1. The Bertz CT molecular complexity index is 1220. The summed E-state index contributed by atoms with van der Waals surface area (Å²) in [7, 11) is 0. The normalized spacial score (nSPS) is 15.4. The van der Waals surface area contributed by atoms with Crippen LogP contribution in [-0.4, -0.2) is 26.3 Å². The number of fused-ring (bicyclic) bond motifs is 3. The van der Waals surface area contributed by atoms with Crippen LogP contribution in [0.15, 0.2) is 79.1 Å². The van der Waals surface area contributed by atoms with E-state index in [0.29, 0.717) is 18.2 Å². The van der Waals surface area contributed by atoms with E-state index >= 15 is 0 Å². The van der Waals surface area contributed by atoms with Crippen LogP contribution in [0.3, 0.4) is 0 Å². The molecule has 1 aliphatic rings. The molecule has 0 saturated carbocycles. The number of para-hydroxylation sites is 3. The standard InChI is InChI=1S/C23H19N5O2/c29-21(25-17-8-2-1-3-9-17)13-20-22(30)27(15-16-7-6-12-24-14-16)23-26-18-10-4-5-11-19(18)28(20)23/h1-12,14,20H,13,15H2,(H,25,29)/t20-/m1/s1. The van der Waals surface area contributed by atoms with E-state index in [1.807, 2.05) is 71.3 Å². The summed E-state index contributed by atoms with van der Waals surface area (Å²) in [6, 6.07) is 20.0. The Balaban J connectivity index is 1.48. The van der Waals surface area contributed by atoms with Crippen LogP contribution in [-0.2, 0) is 16.1 Å². The second-order valence-corrected chi connectivity index (χ2v) is 7.19. The van der Waals surface area contributed by atoms with Gasteiger partial charge in [0.15, 0.2) is 0 Å². The molecule has 7 heteroatoms. The van der Waals surface area contributed by atoms with Gasteiger partial charge in [-0.1, -0.05) is 36.4 Å². The number of anilines is 2. The van der Waals surface area contributed by atoms with Gasteiger partial charge in [-0.2, -0.15) is 0 Å². The van der Waals surface area contributed by atoms with Crippen molar-refractivity contribution >= 4 is 34.5 Å². The van der Waals surface area contributed by atoms with E-state index in [4.69, 9.17) is 0 Å². The molecule has 2 aromatic heterocycles. The molecular weight excluding hydrogens is 378 g/mol. The van der Waals surface area contributed by atoms with Gasteiger partial charge in [-0.05, 0) is 35.9 Å². The number of aromatic nitrogens is 3. The predicted octanol–water partition coefficient (Wildman–Crippen LogP) is 3.55. The van der Waals surface area contributed by atoms with Crippen LogP contribution in [0.1, 0.15) is 18.0 Å². The minimum Gasteiger partial charge on any atom is -0.326 e. The first-order valence-electron chi connectivity index (χ1n) is 9.73. The fraction of sp³-hybridized carbons (Fsp3) is 0.130. The first-order chi connectivity index (χ1) is 14.7. The third kappa shape index (κ3) is 3.20. The van der Waals surface area contributed by atoms with Gasteiger partial charge in [0.05, 0.1) is 24.0 Å². The number of amides is 2. The molecule has 2 aromatic carbocycles. The zero-order valence-corrected chi connectivity index (χ0v) is 16.1. The highest BCUT2D eigenvalue weighted by Gasteiger charge is 2.40. The second kappa shape index (κ2) is 7.44. The van der Waals surface area contributed by atoms with Crippen molar-refractivity contribution in [3.05, 3.63) is 84.7 Å². The summed E-state index contributed by atoms with van der Waals surface area (Å²) in [5.74, 6) is 0.199. The summed E-state index contributed by atoms with van der Waals surface area (Å²) in [5.41, 5.74) is 3.24. The number of hydrogen-bond donors (Lipinski definition) is 1. The molecule has 5 rings (SSSR count). The molecule has 0 saturated heterocycles. The van der Waals surface area contributed by atoms with Crippen LogP contribution in [0.5, 0.6) is 0 Å². The Morgan fingerprint density at radius 1 is 1.00 bits per heavy atom. The van der Waals surface area contributed by atoms with Crippen LogP contribution < -0.4 is 10.2 Å². The molecule has 7 nitrogen and oxygen atoms in total. The zero-order chi connectivity index (χ0) is 20.5.